The molecular formula is C23H18BrF2N5O2. The summed E-state index contributed by atoms with van der Waals surface area (Å²) in [4.78, 5) is 20.7. The Kier molecular flexibility index (Phi) is 6.57. The summed E-state index contributed by atoms with van der Waals surface area (Å²) in [6, 6.07) is 12.2. The van der Waals surface area contributed by atoms with Crippen LogP contribution in [0.25, 0.3) is 17.0 Å². The number of amides is 1. The molecule has 0 aliphatic rings. The molecule has 0 saturated heterocycles. The lowest BCUT2D eigenvalue weighted by Crippen LogP contribution is -2.44. The first kappa shape index (κ1) is 22.7. The predicted octanol–water partition coefficient (Wildman–Crippen LogP) is 3.58. The number of hydrogen-bond donors (Lipinski definition) is 2. The van der Waals surface area contributed by atoms with Crippen LogP contribution in [0.2, 0.25) is 0 Å². The van der Waals surface area contributed by atoms with Gasteiger partial charge >= 0.3 is 0 Å². The summed E-state index contributed by atoms with van der Waals surface area (Å²) in [5.41, 5.74) is -0.730. The van der Waals surface area contributed by atoms with Crippen LogP contribution in [0, 0.1) is 11.6 Å². The predicted molar refractivity (Wildman–Crippen MR) is 122 cm³/mol. The number of hydrogen-bond acceptors (Lipinski definition) is 5. The summed E-state index contributed by atoms with van der Waals surface area (Å²) in [6.45, 7) is -0.556. The lowest BCUT2D eigenvalue weighted by molar-refractivity contribution is -0.118. The highest BCUT2D eigenvalue weighted by molar-refractivity contribution is 9.10. The normalized spacial score (nSPS) is 13.3. The Labute approximate surface area is 195 Å². The molecule has 0 fully saturated rings. The van der Waals surface area contributed by atoms with Crippen LogP contribution in [0.4, 0.5) is 8.78 Å². The first-order valence-electron chi connectivity index (χ1n) is 9.85. The molecule has 0 bridgehead atoms. The molecule has 2 heterocycles. The Hall–Kier alpha value is -3.50. The molecule has 1 amide bonds. The Morgan fingerprint density at radius 2 is 2.03 bits per heavy atom. The van der Waals surface area contributed by atoms with Crippen molar-refractivity contribution in [3.8, 4) is 0 Å². The van der Waals surface area contributed by atoms with E-state index in [1.54, 1.807) is 6.07 Å². The monoisotopic (exact) mass is 513 g/mol. The minimum Gasteiger partial charge on any atom is -0.381 e. The van der Waals surface area contributed by atoms with Gasteiger partial charge in [-0.2, -0.15) is 5.10 Å². The van der Waals surface area contributed by atoms with Crippen LogP contribution in [0.15, 0.2) is 71.7 Å². The number of benzene rings is 2. The van der Waals surface area contributed by atoms with Gasteiger partial charge in [-0.15, -0.1) is 0 Å². The number of carbonyl (C=O) groups excluding carboxylic acids is 1. The van der Waals surface area contributed by atoms with Gasteiger partial charge in [-0.1, -0.05) is 28.1 Å². The maximum Gasteiger partial charge on any atom is 0.244 e. The number of pyridine rings is 1. The van der Waals surface area contributed by atoms with E-state index in [2.05, 4.69) is 36.3 Å². The molecule has 0 spiro atoms. The van der Waals surface area contributed by atoms with Crippen LogP contribution in [-0.4, -0.2) is 37.3 Å². The molecule has 0 radical (unpaired) electrons. The standard InChI is InChI=1S/C23H18BrF2N5O2/c24-16-2-7-21-15(9-16)1-4-18(30-21)5-8-22(32)28-11-23(33,12-31-14-27-13-29-31)19-6-3-17(25)10-20(19)26/h1-10,13-14,33H,11-12H2,(H,28,32). The fourth-order valence-corrected chi connectivity index (χ4v) is 3.72. The molecule has 7 nitrogen and oxygen atoms in total. The summed E-state index contributed by atoms with van der Waals surface area (Å²) in [7, 11) is 0. The molecular weight excluding hydrogens is 496 g/mol. The highest BCUT2D eigenvalue weighted by atomic mass is 79.9. The van der Waals surface area contributed by atoms with E-state index in [0.717, 1.165) is 27.5 Å². The number of rotatable bonds is 7. The molecule has 2 N–H and O–H groups in total. The van der Waals surface area contributed by atoms with Crippen LogP contribution in [0.1, 0.15) is 11.3 Å². The summed E-state index contributed by atoms with van der Waals surface area (Å²) in [5, 5.41) is 18.6. The SMILES string of the molecule is O=C(C=Cc1ccc2cc(Br)ccc2n1)NCC(O)(Cn1cncn1)c1ccc(F)cc1F. The van der Waals surface area contributed by atoms with Crippen LogP contribution in [0.5, 0.6) is 0 Å². The molecule has 1 atom stereocenters. The van der Waals surface area contributed by atoms with Gasteiger partial charge in [0.1, 0.15) is 29.9 Å². The average molecular weight is 514 g/mol. The van der Waals surface area contributed by atoms with Gasteiger partial charge in [-0.05, 0) is 36.4 Å². The fourth-order valence-electron chi connectivity index (χ4n) is 3.34. The largest absolute Gasteiger partial charge is 0.381 e. The number of halogens is 3. The van der Waals surface area contributed by atoms with Gasteiger partial charge < -0.3 is 10.4 Å². The van der Waals surface area contributed by atoms with E-state index in [4.69, 9.17) is 0 Å². The van der Waals surface area contributed by atoms with Crippen LogP contribution >= 0.6 is 15.9 Å². The van der Waals surface area contributed by atoms with Gasteiger partial charge in [0.15, 0.2) is 0 Å². The smallest absolute Gasteiger partial charge is 0.244 e. The van der Waals surface area contributed by atoms with Gasteiger partial charge in [-0.25, -0.2) is 23.4 Å². The second-order valence-corrected chi connectivity index (χ2v) is 8.29. The number of aliphatic hydroxyl groups is 1. The number of aromatic nitrogens is 4. The van der Waals surface area contributed by atoms with Gasteiger partial charge in [0.05, 0.1) is 24.3 Å². The molecule has 0 aliphatic heterocycles. The zero-order valence-corrected chi connectivity index (χ0v) is 18.7. The van der Waals surface area contributed by atoms with Crippen molar-refractivity contribution in [1.29, 1.82) is 0 Å². The minimum atomic E-state index is -1.90. The zero-order chi connectivity index (χ0) is 23.4. The van der Waals surface area contributed by atoms with Crippen molar-refractivity contribution in [2.75, 3.05) is 6.54 Å². The lowest BCUT2D eigenvalue weighted by atomic mass is 9.92. The second kappa shape index (κ2) is 9.55. The Morgan fingerprint density at radius 1 is 1.18 bits per heavy atom. The van der Waals surface area contributed by atoms with Crippen LogP contribution in [-0.2, 0) is 16.9 Å². The highest BCUT2D eigenvalue weighted by Crippen LogP contribution is 2.26. The van der Waals surface area contributed by atoms with Crippen molar-refractivity contribution in [2.45, 2.75) is 12.1 Å². The number of nitrogens with zero attached hydrogens (tertiary/aromatic N) is 4. The molecule has 0 aliphatic carbocycles. The maximum absolute atomic E-state index is 14.4. The number of nitrogens with one attached hydrogen (secondary N) is 1. The van der Waals surface area contributed by atoms with Crippen molar-refractivity contribution < 1.29 is 18.7 Å². The van der Waals surface area contributed by atoms with Gasteiger partial charge in [0, 0.05) is 27.6 Å². The van der Waals surface area contributed by atoms with Gasteiger partial charge in [-0.3, -0.25) is 4.79 Å². The topological polar surface area (TPSA) is 92.9 Å². The molecule has 4 rings (SSSR count). The third kappa shape index (κ3) is 5.47. The van der Waals surface area contributed by atoms with Gasteiger partial charge in [0.2, 0.25) is 5.91 Å². The Bertz CT molecular complexity index is 1330. The number of fused-ring (bicyclic) bond motifs is 1. The van der Waals surface area contributed by atoms with E-state index >= 15 is 0 Å². The zero-order valence-electron chi connectivity index (χ0n) is 17.1. The molecule has 4 aromatic rings. The van der Waals surface area contributed by atoms with E-state index in [1.165, 1.54) is 29.5 Å². The third-order valence-electron chi connectivity index (χ3n) is 4.96. The lowest BCUT2D eigenvalue weighted by Gasteiger charge is -2.29. The highest BCUT2D eigenvalue weighted by Gasteiger charge is 2.34. The van der Waals surface area contributed by atoms with Crippen LogP contribution < -0.4 is 5.32 Å². The van der Waals surface area contributed by atoms with Crippen molar-refractivity contribution in [2.24, 2.45) is 0 Å². The first-order chi connectivity index (χ1) is 15.8. The Morgan fingerprint density at radius 3 is 2.79 bits per heavy atom. The van der Waals surface area contributed by atoms with E-state index in [-0.39, 0.29) is 18.7 Å². The average Bonchev–Trinajstić information content (AvgIpc) is 3.29. The molecule has 0 saturated carbocycles. The van der Waals surface area contributed by atoms with Crippen molar-refractivity contribution in [3.05, 3.63) is 94.6 Å². The van der Waals surface area contributed by atoms with Gasteiger partial charge in [0.25, 0.3) is 0 Å². The minimum absolute atomic E-state index is 0.175. The summed E-state index contributed by atoms with van der Waals surface area (Å²) in [6.07, 6.45) is 5.41. The van der Waals surface area contributed by atoms with Crippen molar-refractivity contribution >= 4 is 38.8 Å². The first-order valence-corrected chi connectivity index (χ1v) is 10.6. The van der Waals surface area contributed by atoms with Crippen molar-refractivity contribution in [3.63, 3.8) is 0 Å². The molecule has 2 aromatic heterocycles. The molecule has 168 valence electrons. The summed E-state index contributed by atoms with van der Waals surface area (Å²) >= 11 is 3.41. The maximum atomic E-state index is 14.4. The fraction of sp³-hybridized carbons (Fsp3) is 0.130. The molecule has 33 heavy (non-hydrogen) atoms. The van der Waals surface area contributed by atoms with E-state index in [9.17, 15) is 18.7 Å². The summed E-state index contributed by atoms with van der Waals surface area (Å²) in [5.74, 6) is -2.23. The van der Waals surface area contributed by atoms with E-state index < -0.39 is 23.1 Å². The number of carbonyl (C=O) groups is 1. The summed E-state index contributed by atoms with van der Waals surface area (Å²) < 4.78 is 30.0. The molecule has 1 unspecified atom stereocenters. The second-order valence-electron chi connectivity index (χ2n) is 7.37. The quantitative estimate of drug-likeness (QED) is 0.368. The van der Waals surface area contributed by atoms with E-state index in [1.807, 2.05) is 24.3 Å². The third-order valence-corrected chi connectivity index (χ3v) is 5.45. The Balaban J connectivity index is 1.50. The molecule has 10 heteroatoms. The molecule has 2 aromatic carbocycles. The van der Waals surface area contributed by atoms with Crippen molar-refractivity contribution in [1.82, 2.24) is 25.1 Å². The van der Waals surface area contributed by atoms with E-state index in [0.29, 0.717) is 11.8 Å². The van der Waals surface area contributed by atoms with Crippen LogP contribution in [0.3, 0.4) is 0 Å².